The summed E-state index contributed by atoms with van der Waals surface area (Å²) in [5, 5.41) is 0.120. The summed E-state index contributed by atoms with van der Waals surface area (Å²) in [6.45, 7) is 2.18. The van der Waals surface area contributed by atoms with Gasteiger partial charge in [0.05, 0.1) is 5.02 Å². The molecule has 0 amide bonds. The normalized spacial score (nSPS) is 10.3. The maximum absolute atomic E-state index is 13.6. The molecule has 0 aliphatic carbocycles. The average molecular weight is 251 g/mol. The van der Waals surface area contributed by atoms with Gasteiger partial charge in [0, 0.05) is 5.56 Å². The highest BCUT2D eigenvalue weighted by molar-refractivity contribution is 6.30. The van der Waals surface area contributed by atoms with Crippen molar-refractivity contribution in [3.63, 3.8) is 0 Å². The largest absolute Gasteiger partial charge is 0.489 e. The fraction of sp³-hybridized carbons (Fsp3) is 0.143. The molecule has 0 N–H and O–H groups in total. The Balaban J connectivity index is 2.07. The highest BCUT2D eigenvalue weighted by atomic mass is 35.5. The number of rotatable bonds is 3. The number of hydrogen-bond donors (Lipinski definition) is 0. The lowest BCUT2D eigenvalue weighted by molar-refractivity contribution is 0.300. The van der Waals surface area contributed by atoms with Crippen molar-refractivity contribution in [3.8, 4) is 5.75 Å². The van der Waals surface area contributed by atoms with E-state index >= 15 is 0 Å². The summed E-state index contributed by atoms with van der Waals surface area (Å²) in [4.78, 5) is 0. The Bertz CT molecular complexity index is 508. The molecule has 88 valence electrons. The van der Waals surface area contributed by atoms with Gasteiger partial charge >= 0.3 is 0 Å². The van der Waals surface area contributed by atoms with Crippen molar-refractivity contribution in [3.05, 3.63) is 64.4 Å². The molecule has 0 spiro atoms. The van der Waals surface area contributed by atoms with E-state index in [1.807, 2.05) is 31.2 Å². The van der Waals surface area contributed by atoms with Crippen LogP contribution in [-0.4, -0.2) is 0 Å². The molecule has 1 nitrogen and oxygen atoms in total. The van der Waals surface area contributed by atoms with E-state index in [0.29, 0.717) is 5.56 Å². The highest BCUT2D eigenvalue weighted by Gasteiger charge is 2.06. The van der Waals surface area contributed by atoms with Crippen LogP contribution in [0.15, 0.2) is 42.5 Å². The predicted molar refractivity (Wildman–Crippen MR) is 66.9 cm³/mol. The van der Waals surface area contributed by atoms with Gasteiger partial charge in [-0.2, -0.15) is 0 Å². The molecular formula is C14H12ClFO. The molecule has 2 aromatic carbocycles. The maximum Gasteiger partial charge on any atom is 0.148 e. The summed E-state index contributed by atoms with van der Waals surface area (Å²) in [6, 6.07) is 12.5. The molecule has 17 heavy (non-hydrogen) atoms. The summed E-state index contributed by atoms with van der Waals surface area (Å²) in [5.41, 5.74) is 1.62. The van der Waals surface area contributed by atoms with Crippen LogP contribution < -0.4 is 4.74 Å². The molecule has 0 fully saturated rings. The molecule has 0 bridgehead atoms. The van der Waals surface area contributed by atoms with E-state index in [9.17, 15) is 4.39 Å². The molecule has 0 aliphatic rings. The second-order valence-corrected chi connectivity index (χ2v) is 4.22. The van der Waals surface area contributed by atoms with Gasteiger partial charge in [0.15, 0.2) is 0 Å². The summed E-state index contributed by atoms with van der Waals surface area (Å²) in [5.74, 6) is 0.302. The highest BCUT2D eigenvalue weighted by Crippen LogP contribution is 2.20. The lowest BCUT2D eigenvalue weighted by Gasteiger charge is -2.08. The molecular weight excluding hydrogens is 239 g/mol. The third-order valence-electron chi connectivity index (χ3n) is 2.45. The lowest BCUT2D eigenvalue weighted by Crippen LogP contribution is -1.98. The number of ether oxygens (including phenoxy) is 1. The first-order chi connectivity index (χ1) is 8.16. The van der Waals surface area contributed by atoms with Crippen molar-refractivity contribution >= 4 is 11.6 Å². The molecule has 0 aromatic heterocycles. The third-order valence-corrected chi connectivity index (χ3v) is 2.74. The minimum atomic E-state index is -0.415. The molecule has 0 heterocycles. The van der Waals surface area contributed by atoms with E-state index in [1.165, 1.54) is 6.07 Å². The van der Waals surface area contributed by atoms with Crippen molar-refractivity contribution in [1.29, 1.82) is 0 Å². The zero-order valence-electron chi connectivity index (χ0n) is 9.41. The quantitative estimate of drug-likeness (QED) is 0.786. The average Bonchev–Trinajstić information content (AvgIpc) is 2.33. The summed E-state index contributed by atoms with van der Waals surface area (Å²) in [6.07, 6.45) is 0. The van der Waals surface area contributed by atoms with Crippen LogP contribution in [-0.2, 0) is 6.61 Å². The maximum atomic E-state index is 13.6. The van der Waals surface area contributed by atoms with Crippen LogP contribution >= 0.6 is 11.6 Å². The molecule has 2 aromatic rings. The van der Waals surface area contributed by atoms with E-state index in [1.54, 1.807) is 12.1 Å². The Morgan fingerprint density at radius 1 is 1.12 bits per heavy atom. The topological polar surface area (TPSA) is 9.23 Å². The number of halogens is 2. The van der Waals surface area contributed by atoms with E-state index in [4.69, 9.17) is 16.3 Å². The first-order valence-corrected chi connectivity index (χ1v) is 5.67. The van der Waals surface area contributed by atoms with Gasteiger partial charge in [0.2, 0.25) is 0 Å². The molecule has 0 unspecified atom stereocenters. The van der Waals surface area contributed by atoms with E-state index in [0.717, 1.165) is 11.3 Å². The van der Waals surface area contributed by atoms with Gasteiger partial charge in [0.1, 0.15) is 18.2 Å². The monoisotopic (exact) mass is 250 g/mol. The Morgan fingerprint density at radius 3 is 2.53 bits per heavy atom. The van der Waals surface area contributed by atoms with Gasteiger partial charge in [-0.1, -0.05) is 41.4 Å². The van der Waals surface area contributed by atoms with Crippen LogP contribution in [0.25, 0.3) is 0 Å². The van der Waals surface area contributed by atoms with Gasteiger partial charge in [-0.05, 0) is 25.1 Å². The second kappa shape index (κ2) is 5.19. The standard InChI is InChI=1S/C14H12ClFO/c1-10-5-7-12(8-6-10)17-9-11-3-2-4-13(15)14(11)16/h2-8H,9H2,1H3. The lowest BCUT2D eigenvalue weighted by atomic mass is 10.2. The number of benzene rings is 2. The van der Waals surface area contributed by atoms with Gasteiger partial charge in [-0.25, -0.2) is 4.39 Å². The molecule has 0 saturated carbocycles. The van der Waals surface area contributed by atoms with Crippen LogP contribution in [0.5, 0.6) is 5.75 Å². The van der Waals surface area contributed by atoms with Crippen molar-refractivity contribution < 1.29 is 9.13 Å². The van der Waals surface area contributed by atoms with Gasteiger partial charge in [0.25, 0.3) is 0 Å². The van der Waals surface area contributed by atoms with Gasteiger partial charge in [-0.3, -0.25) is 0 Å². The number of aryl methyl sites for hydroxylation is 1. The third kappa shape index (κ3) is 2.98. The zero-order chi connectivity index (χ0) is 12.3. The minimum absolute atomic E-state index is 0.120. The smallest absolute Gasteiger partial charge is 0.148 e. The number of hydrogen-bond acceptors (Lipinski definition) is 1. The fourth-order valence-corrected chi connectivity index (χ4v) is 1.65. The Labute approximate surface area is 105 Å². The Kier molecular flexibility index (Phi) is 3.64. The van der Waals surface area contributed by atoms with Crippen molar-refractivity contribution in [2.75, 3.05) is 0 Å². The van der Waals surface area contributed by atoms with Crippen molar-refractivity contribution in [2.24, 2.45) is 0 Å². The van der Waals surface area contributed by atoms with Crippen LogP contribution in [0.4, 0.5) is 4.39 Å². The molecule has 0 radical (unpaired) electrons. The second-order valence-electron chi connectivity index (χ2n) is 3.81. The molecule has 3 heteroatoms. The van der Waals surface area contributed by atoms with Crippen LogP contribution in [0.1, 0.15) is 11.1 Å². The summed E-state index contributed by atoms with van der Waals surface area (Å²) in [7, 11) is 0. The summed E-state index contributed by atoms with van der Waals surface area (Å²) >= 11 is 5.69. The van der Waals surface area contributed by atoms with Crippen molar-refractivity contribution in [1.82, 2.24) is 0 Å². The summed E-state index contributed by atoms with van der Waals surface area (Å²) < 4.78 is 19.0. The Hall–Kier alpha value is -1.54. The van der Waals surface area contributed by atoms with Crippen LogP contribution in [0, 0.1) is 12.7 Å². The van der Waals surface area contributed by atoms with Crippen LogP contribution in [0.3, 0.4) is 0 Å². The first kappa shape index (κ1) is 11.9. The minimum Gasteiger partial charge on any atom is -0.489 e. The first-order valence-electron chi connectivity index (χ1n) is 5.29. The van der Waals surface area contributed by atoms with E-state index < -0.39 is 5.82 Å². The SMILES string of the molecule is Cc1ccc(OCc2cccc(Cl)c2F)cc1. The molecule has 0 aliphatic heterocycles. The van der Waals surface area contributed by atoms with Gasteiger partial charge < -0.3 is 4.74 Å². The Morgan fingerprint density at radius 2 is 1.82 bits per heavy atom. The molecule has 0 saturated heterocycles. The van der Waals surface area contributed by atoms with Crippen LogP contribution in [0.2, 0.25) is 5.02 Å². The van der Waals surface area contributed by atoms with Crippen molar-refractivity contribution in [2.45, 2.75) is 13.5 Å². The van der Waals surface area contributed by atoms with Gasteiger partial charge in [-0.15, -0.1) is 0 Å². The predicted octanol–water partition coefficient (Wildman–Crippen LogP) is 4.37. The fourth-order valence-electron chi connectivity index (χ4n) is 1.46. The van der Waals surface area contributed by atoms with E-state index in [-0.39, 0.29) is 11.6 Å². The zero-order valence-corrected chi connectivity index (χ0v) is 10.2. The molecule has 0 atom stereocenters. The van der Waals surface area contributed by atoms with E-state index in [2.05, 4.69) is 0 Å². The molecule has 2 rings (SSSR count).